The molecule has 0 atom stereocenters. The molecule has 1 N–H and O–H groups in total. The van der Waals surface area contributed by atoms with Gasteiger partial charge in [0, 0.05) is 12.2 Å². The Morgan fingerprint density at radius 2 is 1.65 bits per heavy atom. The molecule has 0 amide bonds. The Morgan fingerprint density at radius 1 is 1.12 bits per heavy atom. The minimum absolute atomic E-state index is 0.423. The van der Waals surface area contributed by atoms with Gasteiger partial charge in [0.15, 0.2) is 0 Å². The highest BCUT2D eigenvalue weighted by Gasteiger charge is 2.63. The standard InChI is InChI=1S/C15H20N2/c1-14(2)13(15(14,3)4)10-17-12-7-5-11(9-16)6-8-12/h5-8,13,17H,10H2,1-4H3. The summed E-state index contributed by atoms with van der Waals surface area (Å²) in [5, 5.41) is 12.2. The van der Waals surface area contributed by atoms with E-state index in [0.29, 0.717) is 22.3 Å². The molecule has 1 saturated carbocycles. The van der Waals surface area contributed by atoms with Crippen LogP contribution in [-0.2, 0) is 0 Å². The molecule has 0 spiro atoms. The lowest BCUT2D eigenvalue weighted by atomic mass is 10.0. The minimum atomic E-state index is 0.423. The van der Waals surface area contributed by atoms with Crippen molar-refractivity contribution in [3.8, 4) is 6.07 Å². The number of nitrogens with zero attached hydrogens (tertiary/aromatic N) is 1. The van der Waals surface area contributed by atoms with Crippen molar-refractivity contribution in [3.63, 3.8) is 0 Å². The fourth-order valence-electron chi connectivity index (χ4n) is 2.73. The van der Waals surface area contributed by atoms with Crippen LogP contribution in [0.4, 0.5) is 5.69 Å². The quantitative estimate of drug-likeness (QED) is 0.857. The number of hydrogen-bond donors (Lipinski definition) is 1. The van der Waals surface area contributed by atoms with Crippen molar-refractivity contribution >= 4 is 5.69 Å². The highest BCUT2D eigenvalue weighted by molar-refractivity contribution is 5.47. The van der Waals surface area contributed by atoms with E-state index in [4.69, 9.17) is 5.26 Å². The van der Waals surface area contributed by atoms with Crippen LogP contribution in [-0.4, -0.2) is 6.54 Å². The molecule has 1 aliphatic carbocycles. The van der Waals surface area contributed by atoms with Crippen LogP contribution in [0.2, 0.25) is 0 Å². The smallest absolute Gasteiger partial charge is 0.0991 e. The Labute approximate surface area is 104 Å². The van der Waals surface area contributed by atoms with E-state index in [0.717, 1.165) is 12.2 Å². The van der Waals surface area contributed by atoms with Crippen LogP contribution < -0.4 is 5.32 Å². The van der Waals surface area contributed by atoms with Crippen molar-refractivity contribution in [2.75, 3.05) is 11.9 Å². The second kappa shape index (κ2) is 3.77. The fraction of sp³-hybridized carbons (Fsp3) is 0.533. The summed E-state index contributed by atoms with van der Waals surface area (Å²) in [5.74, 6) is 0.714. The van der Waals surface area contributed by atoms with E-state index in [1.165, 1.54) is 0 Å². The van der Waals surface area contributed by atoms with Crippen LogP contribution in [0.15, 0.2) is 24.3 Å². The van der Waals surface area contributed by atoms with Gasteiger partial charge in [-0.1, -0.05) is 27.7 Å². The molecule has 90 valence electrons. The maximum atomic E-state index is 8.72. The predicted molar refractivity (Wildman–Crippen MR) is 70.7 cm³/mol. The average Bonchev–Trinajstić information content (AvgIpc) is 2.68. The van der Waals surface area contributed by atoms with Gasteiger partial charge in [0.25, 0.3) is 0 Å². The Balaban J connectivity index is 1.94. The van der Waals surface area contributed by atoms with Crippen molar-refractivity contribution in [3.05, 3.63) is 29.8 Å². The van der Waals surface area contributed by atoms with Gasteiger partial charge >= 0.3 is 0 Å². The summed E-state index contributed by atoms with van der Waals surface area (Å²) in [4.78, 5) is 0. The average molecular weight is 228 g/mol. The predicted octanol–water partition coefficient (Wildman–Crippen LogP) is 3.65. The minimum Gasteiger partial charge on any atom is -0.385 e. The summed E-state index contributed by atoms with van der Waals surface area (Å²) in [5.41, 5.74) is 2.66. The molecule has 1 fully saturated rings. The molecular formula is C15H20N2. The molecule has 17 heavy (non-hydrogen) atoms. The van der Waals surface area contributed by atoms with Gasteiger partial charge in [0.2, 0.25) is 0 Å². The van der Waals surface area contributed by atoms with E-state index >= 15 is 0 Å². The third kappa shape index (κ3) is 1.91. The van der Waals surface area contributed by atoms with Crippen LogP contribution in [0.3, 0.4) is 0 Å². The molecule has 0 radical (unpaired) electrons. The molecule has 1 aliphatic rings. The van der Waals surface area contributed by atoms with E-state index in [9.17, 15) is 0 Å². The van der Waals surface area contributed by atoms with E-state index in [-0.39, 0.29) is 0 Å². The van der Waals surface area contributed by atoms with Crippen molar-refractivity contribution < 1.29 is 0 Å². The van der Waals surface area contributed by atoms with E-state index in [1.54, 1.807) is 0 Å². The second-order valence-electron chi connectivity index (χ2n) is 6.07. The number of hydrogen-bond acceptors (Lipinski definition) is 2. The third-order valence-corrected chi connectivity index (χ3v) is 4.84. The number of nitriles is 1. The van der Waals surface area contributed by atoms with Crippen molar-refractivity contribution in [1.29, 1.82) is 5.26 Å². The van der Waals surface area contributed by atoms with Gasteiger partial charge < -0.3 is 5.32 Å². The topological polar surface area (TPSA) is 35.8 Å². The molecular weight excluding hydrogens is 208 g/mol. The van der Waals surface area contributed by atoms with E-state index < -0.39 is 0 Å². The Kier molecular flexibility index (Phi) is 2.66. The number of rotatable bonds is 3. The molecule has 0 unspecified atom stereocenters. The molecule has 1 aromatic rings. The van der Waals surface area contributed by atoms with Crippen LogP contribution in [0.5, 0.6) is 0 Å². The molecule has 0 bridgehead atoms. The van der Waals surface area contributed by atoms with Gasteiger partial charge in [-0.2, -0.15) is 5.26 Å². The summed E-state index contributed by atoms with van der Waals surface area (Å²) in [7, 11) is 0. The van der Waals surface area contributed by atoms with Crippen LogP contribution >= 0.6 is 0 Å². The first-order valence-electron chi connectivity index (χ1n) is 6.13. The molecule has 0 aromatic heterocycles. The molecule has 2 nitrogen and oxygen atoms in total. The van der Waals surface area contributed by atoms with E-state index in [1.807, 2.05) is 24.3 Å². The lowest BCUT2D eigenvalue weighted by molar-refractivity contribution is 0.457. The van der Waals surface area contributed by atoms with Gasteiger partial charge in [-0.25, -0.2) is 0 Å². The summed E-state index contributed by atoms with van der Waals surface area (Å²) in [6.45, 7) is 10.3. The zero-order chi connectivity index (χ0) is 12.7. The van der Waals surface area contributed by atoms with Crippen molar-refractivity contribution in [1.82, 2.24) is 0 Å². The molecule has 0 saturated heterocycles. The normalized spacial score (nSPS) is 20.6. The number of benzene rings is 1. The lowest BCUT2D eigenvalue weighted by Gasteiger charge is -2.07. The fourth-order valence-corrected chi connectivity index (χ4v) is 2.73. The summed E-state index contributed by atoms with van der Waals surface area (Å²) >= 11 is 0. The first-order chi connectivity index (χ1) is 7.89. The number of anilines is 1. The lowest BCUT2D eigenvalue weighted by Crippen LogP contribution is -2.07. The summed E-state index contributed by atoms with van der Waals surface area (Å²) in [6, 6.07) is 9.78. The molecule has 1 aromatic carbocycles. The second-order valence-corrected chi connectivity index (χ2v) is 6.07. The molecule has 0 aliphatic heterocycles. The van der Waals surface area contributed by atoms with Gasteiger partial charge in [-0.3, -0.25) is 0 Å². The Hall–Kier alpha value is -1.49. The monoisotopic (exact) mass is 228 g/mol. The zero-order valence-electron chi connectivity index (χ0n) is 11.0. The Bertz CT molecular complexity index is 435. The van der Waals surface area contributed by atoms with E-state index in [2.05, 4.69) is 39.1 Å². The summed E-state index contributed by atoms with van der Waals surface area (Å²) in [6.07, 6.45) is 0. The zero-order valence-corrected chi connectivity index (χ0v) is 11.0. The molecule has 0 heterocycles. The van der Waals surface area contributed by atoms with Crippen LogP contribution in [0.25, 0.3) is 0 Å². The highest BCUT2D eigenvalue weighted by atomic mass is 14.9. The maximum absolute atomic E-state index is 8.72. The molecule has 2 heteroatoms. The third-order valence-electron chi connectivity index (χ3n) is 4.84. The van der Waals surface area contributed by atoms with Gasteiger partial charge in [-0.05, 0) is 41.0 Å². The van der Waals surface area contributed by atoms with Gasteiger partial charge in [0.1, 0.15) is 0 Å². The SMILES string of the molecule is CC1(C)C(CNc2ccc(C#N)cc2)C1(C)C. The van der Waals surface area contributed by atoms with Crippen LogP contribution in [0.1, 0.15) is 33.3 Å². The maximum Gasteiger partial charge on any atom is 0.0991 e. The van der Waals surface area contributed by atoms with Crippen LogP contribution in [0, 0.1) is 28.1 Å². The number of nitrogens with one attached hydrogen (secondary N) is 1. The summed E-state index contributed by atoms with van der Waals surface area (Å²) < 4.78 is 0. The first kappa shape index (κ1) is 12.0. The first-order valence-corrected chi connectivity index (χ1v) is 6.13. The Morgan fingerprint density at radius 3 is 2.06 bits per heavy atom. The van der Waals surface area contributed by atoms with Gasteiger partial charge in [-0.15, -0.1) is 0 Å². The van der Waals surface area contributed by atoms with Crippen molar-refractivity contribution in [2.24, 2.45) is 16.7 Å². The largest absolute Gasteiger partial charge is 0.385 e. The van der Waals surface area contributed by atoms with Crippen molar-refractivity contribution in [2.45, 2.75) is 27.7 Å². The molecule has 2 rings (SSSR count). The van der Waals surface area contributed by atoms with Gasteiger partial charge in [0.05, 0.1) is 11.6 Å². The highest BCUT2D eigenvalue weighted by Crippen LogP contribution is 2.68.